The van der Waals surface area contributed by atoms with Crippen molar-refractivity contribution in [3.05, 3.63) is 12.7 Å². The SMILES string of the molecule is C=CCCOC(=O)C(CC(=O)OCCCCCCCCCCCCCCCCCC)S(=O)(=O)O. The van der Waals surface area contributed by atoms with Crippen molar-refractivity contribution in [1.29, 1.82) is 0 Å². The van der Waals surface area contributed by atoms with E-state index in [4.69, 9.17) is 9.47 Å². The molecule has 0 aliphatic rings. The Morgan fingerprint density at radius 1 is 0.765 bits per heavy atom. The Morgan fingerprint density at radius 3 is 1.62 bits per heavy atom. The third-order valence-electron chi connectivity index (χ3n) is 5.80. The van der Waals surface area contributed by atoms with Crippen LogP contribution in [0, 0.1) is 0 Å². The molecule has 0 saturated heterocycles. The average Bonchev–Trinajstić information content (AvgIpc) is 2.78. The van der Waals surface area contributed by atoms with Crippen molar-refractivity contribution in [2.24, 2.45) is 0 Å². The first-order chi connectivity index (χ1) is 16.3. The van der Waals surface area contributed by atoms with Crippen LogP contribution in [-0.4, -0.2) is 43.4 Å². The van der Waals surface area contributed by atoms with E-state index in [2.05, 4.69) is 13.5 Å². The summed E-state index contributed by atoms with van der Waals surface area (Å²) in [5.41, 5.74) is 0. The van der Waals surface area contributed by atoms with E-state index in [-0.39, 0.29) is 13.2 Å². The Kier molecular flexibility index (Phi) is 21.2. The topological polar surface area (TPSA) is 107 Å². The van der Waals surface area contributed by atoms with E-state index in [0.29, 0.717) is 12.8 Å². The normalized spacial score (nSPS) is 12.3. The minimum atomic E-state index is -4.76. The van der Waals surface area contributed by atoms with Gasteiger partial charge in [-0.05, 0) is 12.8 Å². The third-order valence-corrected chi connectivity index (χ3v) is 6.88. The van der Waals surface area contributed by atoms with Crippen LogP contribution < -0.4 is 0 Å². The van der Waals surface area contributed by atoms with Gasteiger partial charge in [-0.25, -0.2) is 0 Å². The molecule has 7 nitrogen and oxygen atoms in total. The second-order valence-electron chi connectivity index (χ2n) is 8.98. The first-order valence-electron chi connectivity index (χ1n) is 13.2. The Balaban J connectivity index is 3.66. The highest BCUT2D eigenvalue weighted by Gasteiger charge is 2.35. The Bertz CT molecular complexity index is 631. The van der Waals surface area contributed by atoms with Gasteiger partial charge in [-0.3, -0.25) is 14.1 Å². The molecule has 0 heterocycles. The smallest absolute Gasteiger partial charge is 0.327 e. The van der Waals surface area contributed by atoms with E-state index < -0.39 is 33.7 Å². The lowest BCUT2D eigenvalue weighted by Crippen LogP contribution is -2.34. The highest BCUT2D eigenvalue weighted by atomic mass is 32.2. The predicted octanol–water partition coefficient (Wildman–Crippen LogP) is 6.56. The van der Waals surface area contributed by atoms with Crippen LogP contribution in [0.25, 0.3) is 0 Å². The largest absolute Gasteiger partial charge is 0.466 e. The monoisotopic (exact) mass is 504 g/mol. The molecule has 0 aliphatic heterocycles. The van der Waals surface area contributed by atoms with Crippen LogP contribution >= 0.6 is 0 Å². The zero-order valence-corrected chi connectivity index (χ0v) is 22.1. The lowest BCUT2D eigenvalue weighted by atomic mass is 10.0. The van der Waals surface area contributed by atoms with Gasteiger partial charge >= 0.3 is 11.9 Å². The van der Waals surface area contributed by atoms with Gasteiger partial charge in [0, 0.05) is 0 Å². The fraction of sp³-hybridized carbons (Fsp3) is 0.846. The number of rotatable bonds is 24. The van der Waals surface area contributed by atoms with Gasteiger partial charge in [0.25, 0.3) is 10.1 Å². The van der Waals surface area contributed by atoms with Gasteiger partial charge in [-0.2, -0.15) is 8.42 Å². The molecule has 34 heavy (non-hydrogen) atoms. The van der Waals surface area contributed by atoms with E-state index in [1.165, 1.54) is 83.1 Å². The van der Waals surface area contributed by atoms with Crippen LogP contribution in [0.4, 0.5) is 0 Å². The molecule has 1 unspecified atom stereocenters. The van der Waals surface area contributed by atoms with E-state index in [1.54, 1.807) is 0 Å². The summed E-state index contributed by atoms with van der Waals surface area (Å²) in [7, 11) is -4.76. The number of carbonyl (C=O) groups is 2. The summed E-state index contributed by atoms with van der Waals surface area (Å²) in [4.78, 5) is 23.7. The van der Waals surface area contributed by atoms with E-state index in [0.717, 1.165) is 19.3 Å². The van der Waals surface area contributed by atoms with E-state index >= 15 is 0 Å². The van der Waals surface area contributed by atoms with Crippen molar-refractivity contribution in [3.63, 3.8) is 0 Å². The molecule has 0 rings (SSSR count). The zero-order chi connectivity index (χ0) is 25.5. The van der Waals surface area contributed by atoms with Gasteiger partial charge in [0.15, 0.2) is 5.25 Å². The van der Waals surface area contributed by atoms with E-state index in [1.807, 2.05) is 0 Å². The minimum Gasteiger partial charge on any atom is -0.466 e. The molecule has 0 aromatic rings. The molecule has 8 heteroatoms. The van der Waals surface area contributed by atoms with Crippen molar-refractivity contribution in [1.82, 2.24) is 0 Å². The fourth-order valence-corrected chi connectivity index (χ4v) is 4.35. The maximum Gasteiger partial charge on any atom is 0.327 e. The summed E-state index contributed by atoms with van der Waals surface area (Å²) < 4.78 is 41.8. The molecule has 1 atom stereocenters. The lowest BCUT2D eigenvalue weighted by molar-refractivity contribution is -0.150. The highest BCUT2D eigenvalue weighted by Crippen LogP contribution is 2.14. The maximum absolute atomic E-state index is 11.9. The van der Waals surface area contributed by atoms with Crippen molar-refractivity contribution in [2.45, 2.75) is 128 Å². The molecule has 0 saturated carbocycles. The number of hydrogen-bond acceptors (Lipinski definition) is 6. The predicted molar refractivity (Wildman–Crippen MR) is 136 cm³/mol. The average molecular weight is 505 g/mol. The highest BCUT2D eigenvalue weighted by molar-refractivity contribution is 7.87. The number of ether oxygens (including phenoxy) is 2. The first-order valence-corrected chi connectivity index (χ1v) is 14.7. The quantitative estimate of drug-likeness (QED) is 0.0686. The number of esters is 2. The summed E-state index contributed by atoms with van der Waals surface area (Å²) in [5.74, 6) is -2.01. The van der Waals surface area contributed by atoms with Gasteiger partial charge < -0.3 is 9.47 Å². The number of hydrogen-bond donors (Lipinski definition) is 1. The zero-order valence-electron chi connectivity index (χ0n) is 21.3. The number of unbranched alkanes of at least 4 members (excludes halogenated alkanes) is 15. The second-order valence-corrected chi connectivity index (χ2v) is 10.6. The summed E-state index contributed by atoms with van der Waals surface area (Å²) in [6, 6.07) is 0. The molecule has 0 bridgehead atoms. The second kappa shape index (κ2) is 22.1. The van der Waals surface area contributed by atoms with Gasteiger partial charge in [-0.15, -0.1) is 6.58 Å². The molecule has 200 valence electrons. The summed E-state index contributed by atoms with van der Waals surface area (Å²) in [6.45, 7) is 5.81. The van der Waals surface area contributed by atoms with Crippen molar-refractivity contribution in [3.8, 4) is 0 Å². The van der Waals surface area contributed by atoms with Crippen LogP contribution in [0.2, 0.25) is 0 Å². The van der Waals surface area contributed by atoms with Crippen molar-refractivity contribution in [2.75, 3.05) is 13.2 Å². The molecule has 0 aliphatic carbocycles. The Morgan fingerprint density at radius 2 is 1.21 bits per heavy atom. The van der Waals surface area contributed by atoms with Crippen molar-refractivity contribution < 1.29 is 32.0 Å². The molecular formula is C26H48O7S. The molecule has 0 fully saturated rings. The number of carbonyl (C=O) groups excluding carboxylic acids is 2. The summed E-state index contributed by atoms with van der Waals surface area (Å²) in [5, 5.41) is -1.96. The standard InChI is InChI=1S/C26H48O7S/c1-3-5-7-8-9-10-11-12-13-14-15-16-17-18-19-20-22-32-25(27)23-24(34(29,30)31)26(28)33-21-6-4-2/h4,24H,2-3,5-23H2,1H3,(H,29,30,31). The van der Waals surface area contributed by atoms with E-state index in [9.17, 15) is 22.6 Å². The van der Waals surface area contributed by atoms with Gasteiger partial charge in [-0.1, -0.05) is 109 Å². The molecule has 1 N–H and O–H groups in total. The van der Waals surface area contributed by atoms with Crippen LogP contribution in [0.1, 0.15) is 122 Å². The molecule has 0 amide bonds. The molecule has 0 aromatic carbocycles. The van der Waals surface area contributed by atoms with Crippen LogP contribution in [0.3, 0.4) is 0 Å². The molecular weight excluding hydrogens is 456 g/mol. The summed E-state index contributed by atoms with van der Waals surface area (Å²) >= 11 is 0. The molecule has 0 radical (unpaired) electrons. The fourth-order valence-electron chi connectivity index (χ4n) is 3.69. The van der Waals surface area contributed by atoms with Gasteiger partial charge in [0.05, 0.1) is 19.6 Å². The summed E-state index contributed by atoms with van der Waals surface area (Å²) in [6.07, 6.45) is 21.0. The van der Waals surface area contributed by atoms with Crippen LogP contribution in [0.15, 0.2) is 12.7 Å². The van der Waals surface area contributed by atoms with Gasteiger partial charge in [0.1, 0.15) is 0 Å². The lowest BCUT2D eigenvalue weighted by Gasteiger charge is -2.12. The minimum absolute atomic E-state index is 0.0669. The third kappa shape index (κ3) is 20.0. The van der Waals surface area contributed by atoms with Crippen LogP contribution in [0.5, 0.6) is 0 Å². The Labute approximate surface area is 207 Å². The van der Waals surface area contributed by atoms with Crippen LogP contribution in [-0.2, 0) is 29.2 Å². The molecule has 0 spiro atoms. The first kappa shape index (κ1) is 32.6. The molecule has 0 aromatic heterocycles. The Hall–Kier alpha value is -1.41. The van der Waals surface area contributed by atoms with Crippen molar-refractivity contribution >= 4 is 22.1 Å². The van der Waals surface area contributed by atoms with Gasteiger partial charge in [0.2, 0.25) is 0 Å². The maximum atomic E-state index is 11.9.